The monoisotopic (exact) mass is 404 g/mol. The fourth-order valence-corrected chi connectivity index (χ4v) is 3.89. The van der Waals surface area contributed by atoms with Crippen molar-refractivity contribution < 1.29 is 13.6 Å². The summed E-state index contributed by atoms with van der Waals surface area (Å²) >= 11 is 0. The molecule has 0 radical (unpaired) electrons. The number of aromatic nitrogens is 3. The molecule has 30 heavy (non-hydrogen) atoms. The molecule has 150 valence electrons. The topological polar surface area (TPSA) is 43.1 Å². The molecule has 0 N–H and O–H groups in total. The Morgan fingerprint density at radius 3 is 2.50 bits per heavy atom. The number of carbonyl (C=O) groups excluding carboxylic acids is 1. The number of hydrogen-bond acceptors (Lipinski definition) is 2. The van der Waals surface area contributed by atoms with Crippen LogP contribution in [0.15, 0.2) is 67.0 Å². The van der Waals surface area contributed by atoms with Crippen molar-refractivity contribution in [2.75, 3.05) is 0 Å². The largest absolute Gasteiger partial charge is 0.328 e. The third-order valence-electron chi connectivity index (χ3n) is 5.37. The lowest BCUT2D eigenvalue weighted by Gasteiger charge is -2.18. The summed E-state index contributed by atoms with van der Waals surface area (Å²) in [6.07, 6.45) is 3.85. The zero-order chi connectivity index (χ0) is 20.8. The molecule has 5 nitrogen and oxygen atoms in total. The van der Waals surface area contributed by atoms with Crippen LogP contribution in [0.2, 0.25) is 0 Å². The van der Waals surface area contributed by atoms with E-state index in [1.807, 2.05) is 65.0 Å². The molecule has 0 bridgehead atoms. The van der Waals surface area contributed by atoms with Gasteiger partial charge in [0, 0.05) is 24.0 Å². The minimum Gasteiger partial charge on any atom is -0.328 e. The molecule has 0 unspecified atom stereocenters. The molecule has 1 aliphatic rings. The van der Waals surface area contributed by atoms with Gasteiger partial charge in [-0.2, -0.15) is 5.10 Å². The van der Waals surface area contributed by atoms with Crippen LogP contribution in [-0.2, 0) is 13.1 Å². The number of carbonyl (C=O) groups is 1. The van der Waals surface area contributed by atoms with Crippen LogP contribution < -0.4 is 0 Å². The number of benzene rings is 2. The summed E-state index contributed by atoms with van der Waals surface area (Å²) in [5.74, 6) is -1.20. The maximum Gasteiger partial charge on any atom is 0.257 e. The van der Waals surface area contributed by atoms with E-state index in [1.165, 1.54) is 11.0 Å². The smallest absolute Gasteiger partial charge is 0.257 e. The van der Waals surface area contributed by atoms with Crippen LogP contribution in [-0.4, -0.2) is 25.2 Å². The highest BCUT2D eigenvalue weighted by Crippen LogP contribution is 2.32. The average molecular weight is 404 g/mol. The summed E-state index contributed by atoms with van der Waals surface area (Å²) < 4.78 is 31.2. The number of nitrogens with zero attached hydrogens (tertiary/aromatic N) is 4. The highest BCUT2D eigenvalue weighted by Gasteiger charge is 2.33. The van der Waals surface area contributed by atoms with Gasteiger partial charge in [-0.3, -0.25) is 4.79 Å². The first kappa shape index (κ1) is 18.3. The molecular weight excluding hydrogens is 386 g/mol. The van der Waals surface area contributed by atoms with Crippen molar-refractivity contribution in [3.05, 3.63) is 101 Å². The summed E-state index contributed by atoms with van der Waals surface area (Å²) in [6, 6.07) is 14.8. The molecule has 5 rings (SSSR count). The highest BCUT2D eigenvalue weighted by molar-refractivity contribution is 5.94. The van der Waals surface area contributed by atoms with Gasteiger partial charge in [-0.25, -0.2) is 13.5 Å². The van der Waals surface area contributed by atoms with E-state index in [0.717, 1.165) is 40.5 Å². The van der Waals surface area contributed by atoms with Gasteiger partial charge in [0.25, 0.3) is 5.91 Å². The van der Waals surface area contributed by atoms with Crippen molar-refractivity contribution in [1.82, 2.24) is 19.2 Å². The Morgan fingerprint density at radius 2 is 1.77 bits per heavy atom. The third kappa shape index (κ3) is 2.90. The van der Waals surface area contributed by atoms with E-state index in [2.05, 4.69) is 0 Å². The predicted octanol–water partition coefficient (Wildman–Crippen LogP) is 4.41. The lowest BCUT2D eigenvalue weighted by Crippen LogP contribution is -2.27. The van der Waals surface area contributed by atoms with E-state index in [4.69, 9.17) is 5.10 Å². The number of amides is 1. The number of rotatable bonds is 3. The van der Waals surface area contributed by atoms with Crippen molar-refractivity contribution in [3.8, 4) is 11.5 Å². The molecule has 0 saturated carbocycles. The second kappa shape index (κ2) is 6.95. The summed E-state index contributed by atoms with van der Waals surface area (Å²) in [5.41, 5.74) is 3.56. The molecule has 2 aromatic carbocycles. The van der Waals surface area contributed by atoms with Gasteiger partial charge in [0.2, 0.25) is 0 Å². The van der Waals surface area contributed by atoms with Gasteiger partial charge >= 0.3 is 0 Å². The first-order chi connectivity index (χ1) is 14.5. The normalized spacial score (nSPS) is 13.0. The molecule has 1 aliphatic heterocycles. The van der Waals surface area contributed by atoms with Crippen LogP contribution in [0.4, 0.5) is 8.78 Å². The van der Waals surface area contributed by atoms with E-state index < -0.39 is 17.5 Å². The molecule has 0 aliphatic carbocycles. The lowest BCUT2D eigenvalue weighted by molar-refractivity contribution is 0.0744. The molecule has 7 heteroatoms. The number of aryl methyl sites for hydroxylation is 1. The Kier molecular flexibility index (Phi) is 4.24. The second-order valence-electron chi connectivity index (χ2n) is 7.32. The molecule has 0 atom stereocenters. The van der Waals surface area contributed by atoms with Crippen LogP contribution in [0.3, 0.4) is 0 Å². The number of halogens is 2. The fraction of sp³-hybridized carbons (Fsp3) is 0.130. The molecule has 0 saturated heterocycles. The van der Waals surface area contributed by atoms with E-state index in [-0.39, 0.29) is 12.1 Å². The van der Waals surface area contributed by atoms with Crippen LogP contribution in [0, 0.1) is 18.6 Å². The van der Waals surface area contributed by atoms with E-state index >= 15 is 0 Å². The van der Waals surface area contributed by atoms with Gasteiger partial charge in [-0.1, -0.05) is 18.2 Å². The van der Waals surface area contributed by atoms with Gasteiger partial charge < -0.3 is 9.47 Å². The molecule has 4 aromatic rings. The molecule has 2 aromatic heterocycles. The van der Waals surface area contributed by atoms with Crippen molar-refractivity contribution in [3.63, 3.8) is 0 Å². The Bertz CT molecular complexity index is 1260. The summed E-state index contributed by atoms with van der Waals surface area (Å²) in [5, 5.41) is 4.79. The van der Waals surface area contributed by atoms with Gasteiger partial charge in [0.15, 0.2) is 0 Å². The minimum atomic E-state index is -0.861. The molecule has 1 amide bonds. The van der Waals surface area contributed by atoms with Crippen molar-refractivity contribution in [2.45, 2.75) is 20.0 Å². The number of para-hydroxylation sites is 1. The third-order valence-corrected chi connectivity index (χ3v) is 5.37. The first-order valence-corrected chi connectivity index (χ1v) is 9.57. The van der Waals surface area contributed by atoms with E-state index in [1.54, 1.807) is 0 Å². The molecule has 0 fully saturated rings. The van der Waals surface area contributed by atoms with Crippen LogP contribution >= 0.6 is 0 Å². The molecule has 3 heterocycles. The Balaban J connectivity index is 1.56. The average Bonchev–Trinajstić information content (AvgIpc) is 3.44. The molecular formula is C23H18F2N4O. The standard InChI is InChI=1S/C23H18F2N4O/c1-15-6-2-3-7-21(15)29-22(27-10-4-5-11-27)18-13-28(14-20(18)26-29)23(30)17-9-8-16(24)12-19(17)25/h2-12H,13-14H2,1H3. The minimum absolute atomic E-state index is 0.143. The zero-order valence-corrected chi connectivity index (χ0v) is 16.2. The van der Waals surface area contributed by atoms with E-state index in [0.29, 0.717) is 6.54 Å². The predicted molar refractivity (Wildman–Crippen MR) is 108 cm³/mol. The summed E-state index contributed by atoms with van der Waals surface area (Å²) in [6.45, 7) is 2.58. The zero-order valence-electron chi connectivity index (χ0n) is 16.2. The number of hydrogen-bond donors (Lipinski definition) is 0. The number of fused-ring (bicyclic) bond motifs is 1. The SMILES string of the molecule is Cc1ccccc1-n1nc2c(c1-n1cccc1)CN(C(=O)c1ccc(F)cc1F)C2. The maximum absolute atomic E-state index is 14.1. The van der Waals surface area contributed by atoms with Crippen molar-refractivity contribution >= 4 is 5.91 Å². The van der Waals surface area contributed by atoms with Crippen LogP contribution in [0.25, 0.3) is 11.5 Å². The van der Waals surface area contributed by atoms with Gasteiger partial charge in [-0.15, -0.1) is 0 Å². The Hall–Kier alpha value is -3.74. The first-order valence-electron chi connectivity index (χ1n) is 9.57. The maximum atomic E-state index is 14.1. The van der Waals surface area contributed by atoms with Gasteiger partial charge in [0.05, 0.1) is 30.0 Å². The van der Waals surface area contributed by atoms with Crippen LogP contribution in [0.1, 0.15) is 27.2 Å². The lowest BCUT2D eigenvalue weighted by atomic mass is 10.2. The highest BCUT2D eigenvalue weighted by atomic mass is 19.1. The summed E-state index contributed by atoms with van der Waals surface area (Å²) in [4.78, 5) is 14.4. The Morgan fingerprint density at radius 1 is 1.00 bits per heavy atom. The molecule has 0 spiro atoms. The van der Waals surface area contributed by atoms with E-state index in [9.17, 15) is 13.6 Å². The van der Waals surface area contributed by atoms with Gasteiger partial charge in [-0.05, 0) is 42.8 Å². The van der Waals surface area contributed by atoms with Crippen molar-refractivity contribution in [1.29, 1.82) is 0 Å². The van der Waals surface area contributed by atoms with Crippen LogP contribution in [0.5, 0.6) is 0 Å². The second-order valence-corrected chi connectivity index (χ2v) is 7.32. The van der Waals surface area contributed by atoms with Gasteiger partial charge in [0.1, 0.15) is 17.5 Å². The fourth-order valence-electron chi connectivity index (χ4n) is 3.89. The van der Waals surface area contributed by atoms with Crippen molar-refractivity contribution in [2.24, 2.45) is 0 Å². The summed E-state index contributed by atoms with van der Waals surface area (Å²) in [7, 11) is 0. The quantitative estimate of drug-likeness (QED) is 0.508. The Labute approximate surface area is 171 Å².